The van der Waals surface area contributed by atoms with E-state index >= 15 is 0 Å². The van der Waals surface area contributed by atoms with E-state index in [4.69, 9.17) is 0 Å². The summed E-state index contributed by atoms with van der Waals surface area (Å²) in [6.45, 7) is 6.45. The molecule has 0 radical (unpaired) electrons. The van der Waals surface area contributed by atoms with Crippen molar-refractivity contribution in [2.45, 2.75) is 13.0 Å². The maximum absolute atomic E-state index is 11.8. The number of benzene rings is 1. The van der Waals surface area contributed by atoms with Crippen molar-refractivity contribution in [1.82, 2.24) is 15.1 Å². The normalized spacial score (nSPS) is 29.5. The molecule has 1 aromatic carbocycles. The summed E-state index contributed by atoms with van der Waals surface area (Å²) in [7, 11) is 2.23. The average molecular weight is 287 g/mol. The van der Waals surface area contributed by atoms with Gasteiger partial charge in [0.25, 0.3) is 0 Å². The van der Waals surface area contributed by atoms with Gasteiger partial charge >= 0.3 is 0 Å². The summed E-state index contributed by atoms with van der Waals surface area (Å²) in [5.41, 5.74) is 1.41. The van der Waals surface area contributed by atoms with Crippen molar-refractivity contribution >= 4 is 5.91 Å². The summed E-state index contributed by atoms with van der Waals surface area (Å²) in [4.78, 5) is 16.6. The van der Waals surface area contributed by atoms with E-state index in [9.17, 15) is 4.79 Å². The maximum Gasteiger partial charge on any atom is 0.234 e. The van der Waals surface area contributed by atoms with Crippen LogP contribution in [0, 0.1) is 11.8 Å². The number of nitrogens with zero attached hydrogens (tertiary/aromatic N) is 2. The van der Waals surface area contributed by atoms with Crippen molar-refractivity contribution in [2.24, 2.45) is 11.8 Å². The molecule has 2 heterocycles. The highest BCUT2D eigenvalue weighted by atomic mass is 16.2. The van der Waals surface area contributed by atoms with Gasteiger partial charge in [-0.05, 0) is 31.4 Å². The molecule has 0 saturated carbocycles. The van der Waals surface area contributed by atoms with Crippen molar-refractivity contribution in [1.29, 1.82) is 0 Å². The number of fused-ring (bicyclic) bond motifs is 1. The molecule has 2 aliphatic rings. The molecular weight excluding hydrogens is 262 g/mol. The molecule has 3 rings (SSSR count). The van der Waals surface area contributed by atoms with Gasteiger partial charge in [0.2, 0.25) is 5.91 Å². The zero-order valence-corrected chi connectivity index (χ0v) is 13.0. The second-order valence-electron chi connectivity index (χ2n) is 6.37. The highest BCUT2D eigenvalue weighted by molar-refractivity contribution is 5.77. The number of likely N-dealkylation sites (N-methyl/N-ethyl adjacent to an activating group) is 1. The van der Waals surface area contributed by atoms with Gasteiger partial charge < -0.3 is 5.32 Å². The van der Waals surface area contributed by atoms with Crippen LogP contribution in [0.2, 0.25) is 0 Å². The number of carbonyl (C=O) groups excluding carboxylic acids is 1. The van der Waals surface area contributed by atoms with E-state index in [0.717, 1.165) is 26.2 Å². The highest BCUT2D eigenvalue weighted by Gasteiger charge is 2.46. The van der Waals surface area contributed by atoms with Crippen LogP contribution in [0.3, 0.4) is 0 Å². The van der Waals surface area contributed by atoms with Crippen molar-refractivity contribution in [3.8, 4) is 0 Å². The minimum atomic E-state index is 0.155. The zero-order chi connectivity index (χ0) is 14.8. The van der Waals surface area contributed by atoms with E-state index in [1.807, 2.05) is 6.92 Å². The molecule has 0 unspecified atom stereocenters. The minimum absolute atomic E-state index is 0.155. The summed E-state index contributed by atoms with van der Waals surface area (Å²) in [6.07, 6.45) is 0. The molecule has 2 fully saturated rings. The number of hydrogen-bond acceptors (Lipinski definition) is 3. The molecule has 1 N–H and O–H groups in total. The second kappa shape index (κ2) is 6.16. The van der Waals surface area contributed by atoms with Crippen molar-refractivity contribution in [3.63, 3.8) is 0 Å². The molecule has 1 aromatic rings. The predicted octanol–water partition coefficient (Wildman–Crippen LogP) is 1.36. The molecule has 0 bridgehead atoms. The lowest BCUT2D eigenvalue weighted by Crippen LogP contribution is -2.37. The fraction of sp³-hybridized carbons (Fsp3) is 0.588. The number of amides is 1. The third kappa shape index (κ3) is 2.97. The van der Waals surface area contributed by atoms with Crippen LogP contribution >= 0.6 is 0 Å². The van der Waals surface area contributed by atoms with Crippen LogP contribution < -0.4 is 5.32 Å². The van der Waals surface area contributed by atoms with Crippen LogP contribution in [-0.2, 0) is 4.79 Å². The Hall–Kier alpha value is -1.39. The van der Waals surface area contributed by atoms with Gasteiger partial charge in [-0.25, -0.2) is 0 Å². The molecule has 2 saturated heterocycles. The molecule has 1 amide bonds. The van der Waals surface area contributed by atoms with E-state index in [1.54, 1.807) is 0 Å². The van der Waals surface area contributed by atoms with Gasteiger partial charge in [-0.1, -0.05) is 30.3 Å². The van der Waals surface area contributed by atoms with Crippen molar-refractivity contribution in [2.75, 3.05) is 39.8 Å². The van der Waals surface area contributed by atoms with Crippen LogP contribution in [0.15, 0.2) is 30.3 Å². The molecule has 0 spiro atoms. The van der Waals surface area contributed by atoms with Gasteiger partial charge in [0.1, 0.15) is 0 Å². The van der Waals surface area contributed by atoms with Crippen LogP contribution in [0.5, 0.6) is 0 Å². The monoisotopic (exact) mass is 287 g/mol. The Bertz CT molecular complexity index is 490. The average Bonchev–Trinajstić information content (AvgIpc) is 2.95. The van der Waals surface area contributed by atoms with Crippen LogP contribution in [0.4, 0.5) is 0 Å². The quantitative estimate of drug-likeness (QED) is 0.908. The summed E-state index contributed by atoms with van der Waals surface area (Å²) in [5.74, 6) is 1.49. The zero-order valence-electron chi connectivity index (χ0n) is 13.0. The Labute approximate surface area is 127 Å². The van der Waals surface area contributed by atoms with Gasteiger partial charge in [-0.15, -0.1) is 0 Å². The van der Waals surface area contributed by atoms with Gasteiger partial charge in [-0.3, -0.25) is 14.6 Å². The van der Waals surface area contributed by atoms with E-state index in [-0.39, 0.29) is 5.91 Å². The third-order valence-corrected chi connectivity index (χ3v) is 4.85. The molecule has 0 aliphatic carbocycles. The molecule has 4 heteroatoms. The molecule has 21 heavy (non-hydrogen) atoms. The third-order valence-electron chi connectivity index (χ3n) is 4.85. The first-order chi connectivity index (χ1) is 10.2. The molecule has 3 atom stereocenters. The van der Waals surface area contributed by atoms with Crippen LogP contribution in [0.1, 0.15) is 18.5 Å². The number of likely N-dealkylation sites (tertiary alicyclic amines) is 2. The van der Waals surface area contributed by atoms with Crippen molar-refractivity contribution in [3.05, 3.63) is 35.9 Å². The lowest BCUT2D eigenvalue weighted by molar-refractivity contribution is -0.122. The van der Waals surface area contributed by atoms with Crippen molar-refractivity contribution < 1.29 is 4.79 Å². The largest absolute Gasteiger partial charge is 0.355 e. The molecular formula is C17H25N3O. The summed E-state index contributed by atoms with van der Waals surface area (Å²) in [5, 5.41) is 2.90. The van der Waals surface area contributed by atoms with Gasteiger partial charge in [0.15, 0.2) is 0 Å². The first-order valence-corrected chi connectivity index (χ1v) is 7.93. The number of hydrogen-bond donors (Lipinski definition) is 1. The fourth-order valence-electron chi connectivity index (χ4n) is 4.09. The predicted molar refractivity (Wildman–Crippen MR) is 83.9 cm³/mol. The van der Waals surface area contributed by atoms with Crippen LogP contribution in [-0.4, -0.2) is 55.5 Å². The Morgan fingerprint density at radius 3 is 2.71 bits per heavy atom. The Kier molecular flexibility index (Phi) is 4.27. The summed E-state index contributed by atoms with van der Waals surface area (Å²) in [6, 6.07) is 11.3. The first kappa shape index (κ1) is 14.5. The standard InChI is InChI=1S/C17H25N3O/c1-3-18-16(21)12-20-10-14-9-19(2)17(15(14)11-20)13-7-5-4-6-8-13/h4-8,14-15,17H,3,9-12H2,1-2H3,(H,18,21)/t14-,15+,17+/m0/s1. The number of carbonyl (C=O) groups is 1. The Morgan fingerprint density at radius 2 is 2.00 bits per heavy atom. The second-order valence-corrected chi connectivity index (χ2v) is 6.37. The topological polar surface area (TPSA) is 35.6 Å². The maximum atomic E-state index is 11.8. The SMILES string of the molecule is CCNC(=O)CN1C[C@@H]2CN(C)[C@H](c3ccccc3)[C@@H]2C1. The van der Waals surface area contributed by atoms with Gasteiger partial charge in [0.05, 0.1) is 6.54 Å². The van der Waals surface area contributed by atoms with Crippen LogP contribution in [0.25, 0.3) is 0 Å². The number of rotatable bonds is 4. The Balaban J connectivity index is 1.68. The molecule has 4 nitrogen and oxygen atoms in total. The lowest BCUT2D eigenvalue weighted by atomic mass is 9.90. The molecule has 114 valence electrons. The van der Waals surface area contributed by atoms with E-state index in [2.05, 4.69) is 52.5 Å². The molecule has 0 aromatic heterocycles. The van der Waals surface area contributed by atoms with Gasteiger partial charge in [0, 0.05) is 32.2 Å². The van der Waals surface area contributed by atoms with E-state index in [1.165, 1.54) is 5.56 Å². The first-order valence-electron chi connectivity index (χ1n) is 7.93. The van der Waals surface area contributed by atoms with E-state index in [0.29, 0.717) is 24.4 Å². The summed E-state index contributed by atoms with van der Waals surface area (Å²) >= 11 is 0. The lowest BCUT2D eigenvalue weighted by Gasteiger charge is -2.26. The van der Waals surface area contributed by atoms with Gasteiger partial charge in [-0.2, -0.15) is 0 Å². The Morgan fingerprint density at radius 1 is 1.24 bits per heavy atom. The smallest absolute Gasteiger partial charge is 0.234 e. The minimum Gasteiger partial charge on any atom is -0.355 e. The van der Waals surface area contributed by atoms with E-state index < -0.39 is 0 Å². The highest BCUT2D eigenvalue weighted by Crippen LogP contribution is 2.43. The number of nitrogens with one attached hydrogen (secondary N) is 1. The fourth-order valence-corrected chi connectivity index (χ4v) is 4.09. The summed E-state index contributed by atoms with van der Waals surface area (Å²) < 4.78 is 0. The molecule has 2 aliphatic heterocycles.